The number of carbonyl (C=O) groups is 1. The Bertz CT molecular complexity index is 1310. The lowest BCUT2D eigenvalue weighted by molar-refractivity contribution is 0.0698. The van der Waals surface area contributed by atoms with E-state index in [4.69, 9.17) is 23.2 Å². The van der Waals surface area contributed by atoms with Gasteiger partial charge in [0.05, 0.1) is 11.6 Å². The number of nitrogens with zero attached hydrogens (tertiary/aromatic N) is 1. The molecule has 1 heterocycles. The van der Waals surface area contributed by atoms with Gasteiger partial charge in [0.2, 0.25) is 0 Å². The van der Waals surface area contributed by atoms with E-state index in [1.165, 1.54) is 6.07 Å². The van der Waals surface area contributed by atoms with E-state index in [0.717, 1.165) is 11.1 Å². The number of benzene rings is 3. The van der Waals surface area contributed by atoms with Crippen molar-refractivity contribution in [3.63, 3.8) is 0 Å². The fourth-order valence-electron chi connectivity index (χ4n) is 3.53. The van der Waals surface area contributed by atoms with Crippen LogP contribution in [-0.4, -0.2) is 21.2 Å². The van der Waals surface area contributed by atoms with E-state index in [2.05, 4.69) is 10.3 Å². The van der Waals surface area contributed by atoms with Crippen LogP contribution in [0.5, 0.6) is 5.75 Å². The van der Waals surface area contributed by atoms with Crippen molar-refractivity contribution >= 4 is 45.8 Å². The number of phenolic OH excluding ortho intramolecular Hbond substituents is 1. The van der Waals surface area contributed by atoms with Crippen LogP contribution in [0.2, 0.25) is 10.0 Å². The van der Waals surface area contributed by atoms with Crippen LogP contribution >= 0.6 is 23.2 Å². The lowest BCUT2D eigenvalue weighted by Gasteiger charge is -2.24. The van der Waals surface area contributed by atoms with Crippen LogP contribution in [0.25, 0.3) is 10.9 Å². The number of carboxylic acids is 1. The Balaban J connectivity index is 1.93. The normalized spacial score (nSPS) is 12.0. The first-order valence-corrected chi connectivity index (χ1v) is 10.2. The SMILES string of the molecule is Cc1ccc2ccc([C@H](Nc3ccccc3C(=O)O)c3ccc(Cl)cc3Cl)c(O)c2n1. The van der Waals surface area contributed by atoms with Gasteiger partial charge < -0.3 is 15.5 Å². The molecule has 0 aliphatic heterocycles. The van der Waals surface area contributed by atoms with Crippen LogP contribution in [0.15, 0.2) is 66.7 Å². The molecule has 0 saturated carbocycles. The highest BCUT2D eigenvalue weighted by atomic mass is 35.5. The van der Waals surface area contributed by atoms with Gasteiger partial charge in [0, 0.05) is 32.4 Å². The zero-order valence-electron chi connectivity index (χ0n) is 16.4. The zero-order chi connectivity index (χ0) is 22.1. The molecule has 5 nitrogen and oxygen atoms in total. The summed E-state index contributed by atoms with van der Waals surface area (Å²) in [5.74, 6) is -1.07. The van der Waals surface area contributed by atoms with Crippen molar-refractivity contribution in [2.75, 3.05) is 5.32 Å². The van der Waals surface area contributed by atoms with Gasteiger partial charge in [-0.2, -0.15) is 0 Å². The molecule has 3 aromatic carbocycles. The van der Waals surface area contributed by atoms with E-state index in [1.54, 1.807) is 42.5 Å². The van der Waals surface area contributed by atoms with Crippen LogP contribution in [0.4, 0.5) is 5.69 Å². The Morgan fingerprint density at radius 3 is 2.45 bits per heavy atom. The van der Waals surface area contributed by atoms with E-state index in [-0.39, 0.29) is 11.3 Å². The Kier molecular flexibility index (Phi) is 5.72. The van der Waals surface area contributed by atoms with E-state index in [0.29, 0.717) is 32.4 Å². The van der Waals surface area contributed by atoms with Gasteiger partial charge in [-0.1, -0.05) is 59.6 Å². The lowest BCUT2D eigenvalue weighted by Crippen LogP contribution is -2.16. The average molecular weight is 453 g/mol. The molecule has 31 heavy (non-hydrogen) atoms. The first kappa shape index (κ1) is 21.0. The molecule has 156 valence electrons. The van der Waals surface area contributed by atoms with Crippen LogP contribution < -0.4 is 5.32 Å². The number of pyridine rings is 1. The molecule has 4 rings (SSSR count). The number of para-hydroxylation sites is 1. The summed E-state index contributed by atoms with van der Waals surface area (Å²) >= 11 is 12.6. The molecule has 1 atom stereocenters. The smallest absolute Gasteiger partial charge is 0.337 e. The number of aromatic carboxylic acids is 1. The number of nitrogens with one attached hydrogen (secondary N) is 1. The minimum atomic E-state index is -1.07. The largest absolute Gasteiger partial charge is 0.505 e. The molecule has 0 bridgehead atoms. The summed E-state index contributed by atoms with van der Waals surface area (Å²) in [4.78, 5) is 16.2. The van der Waals surface area contributed by atoms with Gasteiger partial charge in [-0.3, -0.25) is 0 Å². The molecule has 4 aromatic rings. The standard InChI is InChI=1S/C24H18Cl2N2O3/c1-13-6-7-14-8-10-18(23(29)21(14)27-13)22(16-11-9-15(25)12-19(16)26)28-20-5-3-2-4-17(20)24(30)31/h2-12,22,28-29H,1H3,(H,30,31)/t22-/m1/s1. The van der Waals surface area contributed by atoms with E-state index >= 15 is 0 Å². The highest BCUT2D eigenvalue weighted by Crippen LogP contribution is 2.40. The van der Waals surface area contributed by atoms with E-state index < -0.39 is 12.0 Å². The quantitative estimate of drug-likeness (QED) is 0.323. The maximum Gasteiger partial charge on any atom is 0.337 e. The molecule has 1 aromatic heterocycles. The fourth-order valence-corrected chi connectivity index (χ4v) is 4.05. The maximum atomic E-state index is 11.7. The summed E-state index contributed by atoms with van der Waals surface area (Å²) in [6.45, 7) is 1.85. The molecule has 0 aliphatic rings. The third kappa shape index (κ3) is 4.15. The van der Waals surface area contributed by atoms with Gasteiger partial charge in [0.25, 0.3) is 0 Å². The van der Waals surface area contributed by atoms with E-state index in [1.807, 2.05) is 25.1 Å². The average Bonchev–Trinajstić information content (AvgIpc) is 2.74. The topological polar surface area (TPSA) is 82.5 Å². The Morgan fingerprint density at radius 1 is 1.00 bits per heavy atom. The maximum absolute atomic E-state index is 11.7. The van der Waals surface area contributed by atoms with Gasteiger partial charge >= 0.3 is 5.97 Å². The van der Waals surface area contributed by atoms with Crippen molar-refractivity contribution in [1.82, 2.24) is 4.98 Å². The molecule has 0 fully saturated rings. The third-order valence-corrected chi connectivity index (χ3v) is 5.61. The molecule has 0 unspecified atom stereocenters. The van der Waals surface area contributed by atoms with Gasteiger partial charge in [0.1, 0.15) is 11.3 Å². The summed E-state index contributed by atoms with van der Waals surface area (Å²) in [5.41, 5.74) is 2.87. The predicted octanol–water partition coefficient (Wildman–Crippen LogP) is 6.46. The molecule has 0 amide bonds. The van der Waals surface area contributed by atoms with Crippen molar-refractivity contribution < 1.29 is 15.0 Å². The van der Waals surface area contributed by atoms with Crippen molar-refractivity contribution in [2.45, 2.75) is 13.0 Å². The van der Waals surface area contributed by atoms with Gasteiger partial charge in [0.15, 0.2) is 0 Å². The molecular weight excluding hydrogens is 435 g/mol. The monoisotopic (exact) mass is 452 g/mol. The molecule has 0 radical (unpaired) electrons. The summed E-state index contributed by atoms with van der Waals surface area (Å²) in [6, 6.07) is 18.4. The molecular formula is C24H18Cl2N2O3. The Morgan fingerprint density at radius 2 is 1.71 bits per heavy atom. The lowest BCUT2D eigenvalue weighted by atomic mass is 9.95. The van der Waals surface area contributed by atoms with Gasteiger partial charge in [-0.25, -0.2) is 9.78 Å². The minimum Gasteiger partial charge on any atom is -0.505 e. The number of halogens is 2. The summed E-state index contributed by atoms with van der Waals surface area (Å²) in [5, 5.41) is 25.6. The van der Waals surface area contributed by atoms with Crippen LogP contribution in [-0.2, 0) is 0 Å². The first-order valence-electron chi connectivity index (χ1n) is 9.48. The van der Waals surface area contributed by atoms with Gasteiger partial charge in [-0.05, 0) is 42.8 Å². The number of phenols is 1. The van der Waals surface area contributed by atoms with Crippen molar-refractivity contribution in [3.05, 3.63) is 99.2 Å². The highest BCUT2D eigenvalue weighted by Gasteiger charge is 2.24. The fraction of sp³-hybridized carbons (Fsp3) is 0.0833. The molecule has 0 spiro atoms. The number of hydrogen-bond acceptors (Lipinski definition) is 4. The molecule has 3 N–H and O–H groups in total. The predicted molar refractivity (Wildman–Crippen MR) is 123 cm³/mol. The number of rotatable bonds is 5. The molecule has 0 aliphatic carbocycles. The van der Waals surface area contributed by atoms with Gasteiger partial charge in [-0.15, -0.1) is 0 Å². The van der Waals surface area contributed by atoms with E-state index in [9.17, 15) is 15.0 Å². The molecule has 0 saturated heterocycles. The number of aromatic nitrogens is 1. The molecule has 7 heteroatoms. The van der Waals surface area contributed by atoms with Crippen molar-refractivity contribution in [3.8, 4) is 5.75 Å². The number of anilines is 1. The number of hydrogen-bond donors (Lipinski definition) is 3. The minimum absolute atomic E-state index is 0.00229. The van der Waals surface area contributed by atoms with Crippen LogP contribution in [0.3, 0.4) is 0 Å². The third-order valence-electron chi connectivity index (χ3n) is 5.05. The Hall–Kier alpha value is -3.28. The number of carboxylic acid groups (broad SMARTS) is 1. The van der Waals surface area contributed by atoms with Crippen molar-refractivity contribution in [2.24, 2.45) is 0 Å². The number of fused-ring (bicyclic) bond motifs is 1. The summed E-state index contributed by atoms with van der Waals surface area (Å²) < 4.78 is 0. The van der Waals surface area contributed by atoms with Crippen LogP contribution in [0, 0.1) is 6.92 Å². The summed E-state index contributed by atoms with van der Waals surface area (Å²) in [7, 11) is 0. The summed E-state index contributed by atoms with van der Waals surface area (Å²) in [6.07, 6.45) is 0. The second-order valence-electron chi connectivity index (χ2n) is 7.12. The number of aromatic hydroxyl groups is 1. The number of aryl methyl sites for hydroxylation is 1. The first-order chi connectivity index (χ1) is 14.8. The van der Waals surface area contributed by atoms with Crippen LogP contribution in [0.1, 0.15) is 33.2 Å². The van der Waals surface area contributed by atoms with Crippen molar-refractivity contribution in [1.29, 1.82) is 0 Å². The Labute approximate surface area is 188 Å². The highest BCUT2D eigenvalue weighted by molar-refractivity contribution is 6.35. The second-order valence-corrected chi connectivity index (χ2v) is 7.97. The zero-order valence-corrected chi connectivity index (χ0v) is 17.9. The second kappa shape index (κ2) is 8.46.